The molecule has 0 saturated carbocycles. The molecule has 0 unspecified atom stereocenters. The smallest absolute Gasteiger partial charge is 0.490 e. The third-order valence-electron chi connectivity index (χ3n) is 5.36. The summed E-state index contributed by atoms with van der Waals surface area (Å²) in [7, 11) is 1.66. The molecule has 31 heavy (non-hydrogen) atoms. The number of benzene rings is 1. The van der Waals surface area contributed by atoms with Gasteiger partial charge in [0, 0.05) is 44.2 Å². The Morgan fingerprint density at radius 1 is 1.13 bits per heavy atom. The fourth-order valence-corrected chi connectivity index (χ4v) is 3.90. The number of rotatable bonds is 5. The van der Waals surface area contributed by atoms with Gasteiger partial charge in [-0.15, -0.1) is 0 Å². The van der Waals surface area contributed by atoms with Crippen molar-refractivity contribution >= 4 is 11.9 Å². The fourth-order valence-electron chi connectivity index (χ4n) is 3.90. The molecule has 1 aromatic carbocycles. The Labute approximate surface area is 177 Å². The van der Waals surface area contributed by atoms with Crippen molar-refractivity contribution < 1.29 is 37.0 Å². The van der Waals surface area contributed by atoms with Gasteiger partial charge in [-0.3, -0.25) is 9.69 Å². The maximum Gasteiger partial charge on any atom is 0.490 e. The number of halogens is 3. The number of amides is 1. The SMILES string of the molecule is COc1ccc(CN2C[C@@H]3CN(Cc4ccoc4)C[C@@H]3C2=O)cc1.O=C(O)C(F)(F)F. The topological polar surface area (TPSA) is 83.2 Å². The van der Waals surface area contributed by atoms with E-state index in [1.165, 1.54) is 5.56 Å². The van der Waals surface area contributed by atoms with Gasteiger partial charge in [-0.1, -0.05) is 12.1 Å². The number of ether oxygens (including phenoxy) is 1. The summed E-state index contributed by atoms with van der Waals surface area (Å²) in [6, 6.07) is 9.95. The number of carboxylic acid groups (broad SMARTS) is 1. The molecule has 2 saturated heterocycles. The van der Waals surface area contributed by atoms with Crippen LogP contribution in [-0.4, -0.2) is 59.7 Å². The number of fused-ring (bicyclic) bond motifs is 1. The van der Waals surface area contributed by atoms with Crippen LogP contribution in [0.4, 0.5) is 13.2 Å². The third kappa shape index (κ3) is 5.78. The van der Waals surface area contributed by atoms with Crippen LogP contribution < -0.4 is 4.74 Å². The van der Waals surface area contributed by atoms with Crippen LogP contribution in [0.5, 0.6) is 5.75 Å². The number of nitrogens with zero attached hydrogens (tertiary/aromatic N) is 2. The van der Waals surface area contributed by atoms with Crippen LogP contribution in [0.1, 0.15) is 11.1 Å². The molecule has 2 aliphatic heterocycles. The summed E-state index contributed by atoms with van der Waals surface area (Å²) < 4.78 is 42.0. The highest BCUT2D eigenvalue weighted by molar-refractivity contribution is 5.82. The second kappa shape index (κ2) is 9.42. The van der Waals surface area contributed by atoms with Gasteiger partial charge in [-0.05, 0) is 23.8 Å². The number of alkyl halides is 3. The van der Waals surface area contributed by atoms with Crippen molar-refractivity contribution in [2.24, 2.45) is 11.8 Å². The standard InChI is InChI=1S/C19H22N2O3.C2HF3O2/c1-23-17-4-2-14(3-5-17)9-21-11-16-10-20(12-18(16)19(21)22)8-15-6-7-24-13-15;3-2(4,5)1(6)7/h2-7,13,16,18H,8-12H2,1H3;(H,6,7)/t16-,18-;/m0./s1. The molecule has 0 bridgehead atoms. The summed E-state index contributed by atoms with van der Waals surface area (Å²) in [6.07, 6.45) is -1.60. The number of carbonyl (C=O) groups excluding carboxylic acids is 1. The lowest BCUT2D eigenvalue weighted by molar-refractivity contribution is -0.192. The van der Waals surface area contributed by atoms with E-state index in [1.807, 2.05) is 35.2 Å². The minimum absolute atomic E-state index is 0.148. The maximum absolute atomic E-state index is 12.7. The number of aliphatic carboxylic acids is 1. The van der Waals surface area contributed by atoms with Crippen molar-refractivity contribution in [1.82, 2.24) is 9.80 Å². The molecule has 2 aromatic rings. The number of furan rings is 1. The zero-order chi connectivity index (χ0) is 22.6. The van der Waals surface area contributed by atoms with Crippen LogP contribution in [0.15, 0.2) is 47.3 Å². The van der Waals surface area contributed by atoms with Crippen molar-refractivity contribution in [2.45, 2.75) is 19.3 Å². The van der Waals surface area contributed by atoms with Crippen LogP contribution in [-0.2, 0) is 22.7 Å². The Bertz CT molecular complexity index is 883. The van der Waals surface area contributed by atoms with Gasteiger partial charge in [0.1, 0.15) is 5.75 Å². The van der Waals surface area contributed by atoms with E-state index in [0.29, 0.717) is 18.4 Å². The lowest BCUT2D eigenvalue weighted by Crippen LogP contribution is -2.32. The molecule has 2 aliphatic rings. The van der Waals surface area contributed by atoms with Gasteiger partial charge in [-0.25, -0.2) is 4.79 Å². The van der Waals surface area contributed by atoms with Crippen molar-refractivity contribution in [1.29, 1.82) is 0 Å². The Morgan fingerprint density at radius 2 is 1.81 bits per heavy atom. The van der Waals surface area contributed by atoms with Crippen molar-refractivity contribution in [3.63, 3.8) is 0 Å². The molecule has 168 valence electrons. The van der Waals surface area contributed by atoms with E-state index in [4.69, 9.17) is 19.1 Å². The van der Waals surface area contributed by atoms with E-state index in [0.717, 1.165) is 37.5 Å². The molecule has 1 amide bonds. The Morgan fingerprint density at radius 3 is 2.32 bits per heavy atom. The molecule has 10 heteroatoms. The minimum Gasteiger partial charge on any atom is -0.497 e. The fraction of sp³-hybridized carbons (Fsp3) is 0.429. The molecule has 3 heterocycles. The number of hydrogen-bond donors (Lipinski definition) is 1. The van der Waals surface area contributed by atoms with Gasteiger partial charge in [0.15, 0.2) is 0 Å². The normalized spacial score (nSPS) is 20.9. The molecule has 1 N–H and O–H groups in total. The first-order valence-electron chi connectivity index (χ1n) is 9.62. The second-order valence-electron chi connectivity index (χ2n) is 7.56. The summed E-state index contributed by atoms with van der Waals surface area (Å²) in [6.45, 7) is 4.26. The molecule has 0 radical (unpaired) electrons. The highest BCUT2D eigenvalue weighted by Gasteiger charge is 2.45. The second-order valence-corrected chi connectivity index (χ2v) is 7.56. The van der Waals surface area contributed by atoms with E-state index < -0.39 is 12.1 Å². The van der Waals surface area contributed by atoms with E-state index in [2.05, 4.69) is 4.90 Å². The van der Waals surface area contributed by atoms with Crippen LogP contribution in [0, 0.1) is 11.8 Å². The van der Waals surface area contributed by atoms with Gasteiger partial charge < -0.3 is 19.2 Å². The van der Waals surface area contributed by atoms with E-state index in [1.54, 1.807) is 19.6 Å². The lowest BCUT2D eigenvalue weighted by atomic mass is 10.0. The number of methoxy groups -OCH3 is 1. The van der Waals surface area contributed by atoms with Crippen molar-refractivity contribution in [2.75, 3.05) is 26.7 Å². The first kappa shape index (κ1) is 22.7. The minimum atomic E-state index is -5.08. The molecule has 0 spiro atoms. The summed E-state index contributed by atoms with van der Waals surface area (Å²) in [5.41, 5.74) is 2.33. The summed E-state index contributed by atoms with van der Waals surface area (Å²) in [5, 5.41) is 7.12. The lowest BCUT2D eigenvalue weighted by Gasteiger charge is -2.21. The molecular formula is C21H23F3N2O5. The Balaban J connectivity index is 0.000000339. The van der Waals surface area contributed by atoms with Crippen molar-refractivity contribution in [3.8, 4) is 5.75 Å². The van der Waals surface area contributed by atoms with E-state index in [9.17, 15) is 18.0 Å². The molecular weight excluding hydrogens is 417 g/mol. The zero-order valence-electron chi connectivity index (χ0n) is 16.8. The zero-order valence-corrected chi connectivity index (χ0v) is 16.8. The average Bonchev–Trinajstić information content (AvgIpc) is 3.42. The summed E-state index contributed by atoms with van der Waals surface area (Å²) in [5.74, 6) is -1.02. The molecule has 7 nitrogen and oxygen atoms in total. The number of hydrogen-bond acceptors (Lipinski definition) is 5. The Hall–Kier alpha value is -3.01. The van der Waals surface area contributed by atoms with Crippen molar-refractivity contribution in [3.05, 3.63) is 54.0 Å². The van der Waals surface area contributed by atoms with Gasteiger partial charge >= 0.3 is 12.1 Å². The molecule has 0 aliphatic carbocycles. The number of likely N-dealkylation sites (tertiary alicyclic amines) is 2. The van der Waals surface area contributed by atoms with Crippen LogP contribution >= 0.6 is 0 Å². The quantitative estimate of drug-likeness (QED) is 0.770. The first-order valence-corrected chi connectivity index (χ1v) is 9.62. The number of carbonyl (C=O) groups is 2. The van der Waals surface area contributed by atoms with Crippen LogP contribution in [0.2, 0.25) is 0 Å². The molecule has 2 fully saturated rings. The predicted octanol–water partition coefficient (Wildman–Crippen LogP) is 3.01. The summed E-state index contributed by atoms with van der Waals surface area (Å²) in [4.78, 5) is 26.0. The van der Waals surface area contributed by atoms with Gasteiger partial charge in [-0.2, -0.15) is 13.2 Å². The molecule has 2 atom stereocenters. The van der Waals surface area contributed by atoms with Gasteiger partial charge in [0.05, 0.1) is 25.6 Å². The van der Waals surface area contributed by atoms with E-state index >= 15 is 0 Å². The average molecular weight is 440 g/mol. The summed E-state index contributed by atoms with van der Waals surface area (Å²) >= 11 is 0. The molecule has 1 aromatic heterocycles. The molecule has 4 rings (SSSR count). The van der Waals surface area contributed by atoms with Crippen LogP contribution in [0.25, 0.3) is 0 Å². The third-order valence-corrected chi connectivity index (χ3v) is 5.36. The van der Waals surface area contributed by atoms with Gasteiger partial charge in [0.25, 0.3) is 0 Å². The highest BCUT2D eigenvalue weighted by Crippen LogP contribution is 2.34. The monoisotopic (exact) mass is 440 g/mol. The predicted molar refractivity (Wildman–Crippen MR) is 103 cm³/mol. The number of carboxylic acids is 1. The first-order chi connectivity index (χ1) is 14.7. The van der Waals surface area contributed by atoms with E-state index in [-0.39, 0.29) is 5.92 Å². The highest BCUT2D eigenvalue weighted by atomic mass is 19.4. The Kier molecular flexibility index (Phi) is 6.89. The van der Waals surface area contributed by atoms with Crippen LogP contribution in [0.3, 0.4) is 0 Å². The maximum atomic E-state index is 12.7. The van der Waals surface area contributed by atoms with Gasteiger partial charge in [0.2, 0.25) is 5.91 Å². The largest absolute Gasteiger partial charge is 0.497 e.